The summed E-state index contributed by atoms with van der Waals surface area (Å²) in [6.07, 6.45) is 0. The largest absolute Gasteiger partial charge is 0.494 e. The summed E-state index contributed by atoms with van der Waals surface area (Å²) in [7, 11) is 0. The van der Waals surface area contributed by atoms with Gasteiger partial charge in [-0.3, -0.25) is 4.90 Å². The fraction of sp³-hybridized carbons (Fsp3) is 0.538. The molecule has 0 unspecified atom stereocenters. The van der Waals surface area contributed by atoms with Crippen LogP contribution >= 0.6 is 0 Å². The van der Waals surface area contributed by atoms with Gasteiger partial charge in [-0.15, -0.1) is 0 Å². The number of nitrogens with zero attached hydrogens (tertiary/aromatic N) is 1. The molecule has 1 aromatic rings. The number of ether oxygens (including phenoxy) is 1. The molecule has 0 aliphatic rings. The van der Waals surface area contributed by atoms with Crippen molar-refractivity contribution in [1.29, 1.82) is 0 Å². The summed E-state index contributed by atoms with van der Waals surface area (Å²) in [5, 5.41) is 0. The summed E-state index contributed by atoms with van der Waals surface area (Å²) in [4.78, 5) is 2.40. The van der Waals surface area contributed by atoms with E-state index in [0.29, 0.717) is 0 Å². The van der Waals surface area contributed by atoms with E-state index in [1.54, 1.807) is 0 Å². The van der Waals surface area contributed by atoms with Crippen LogP contribution in [0.4, 0.5) is 0 Å². The Bertz CT molecular complexity index is 264. The van der Waals surface area contributed by atoms with Crippen LogP contribution in [0.2, 0.25) is 0 Å². The molecule has 0 N–H and O–H groups in total. The number of benzene rings is 1. The third-order valence-electron chi connectivity index (χ3n) is 2.53. The number of rotatable bonds is 6. The smallest absolute Gasteiger partial charge is 0.119 e. The van der Waals surface area contributed by atoms with Crippen LogP contribution in [0, 0.1) is 0 Å². The summed E-state index contributed by atoms with van der Waals surface area (Å²) in [5.41, 5.74) is 1.35. The molecule has 0 amide bonds. The van der Waals surface area contributed by atoms with E-state index in [1.165, 1.54) is 5.56 Å². The van der Waals surface area contributed by atoms with Crippen LogP contribution in [0.3, 0.4) is 0 Å². The van der Waals surface area contributed by atoms with Crippen LogP contribution in [0.15, 0.2) is 24.3 Å². The van der Waals surface area contributed by atoms with Crippen LogP contribution in [0.25, 0.3) is 0 Å². The molecule has 0 aromatic heterocycles. The first kappa shape index (κ1) is 12.1. The Balaban J connectivity index is 2.55. The van der Waals surface area contributed by atoms with Gasteiger partial charge in [0, 0.05) is 6.54 Å². The quantitative estimate of drug-likeness (QED) is 0.711. The van der Waals surface area contributed by atoms with E-state index in [-0.39, 0.29) is 0 Å². The Morgan fingerprint density at radius 3 is 2.07 bits per heavy atom. The molecule has 0 fully saturated rings. The van der Waals surface area contributed by atoms with Crippen molar-refractivity contribution >= 4 is 0 Å². The zero-order chi connectivity index (χ0) is 11.1. The van der Waals surface area contributed by atoms with E-state index in [2.05, 4.69) is 30.9 Å². The summed E-state index contributed by atoms with van der Waals surface area (Å²) in [6.45, 7) is 10.3. The Morgan fingerprint density at radius 1 is 1.00 bits per heavy atom. The Labute approximate surface area is 92.9 Å². The maximum absolute atomic E-state index is 5.40. The minimum Gasteiger partial charge on any atom is -0.494 e. The SMILES string of the molecule is CCOc1ccc(CN(CC)CC)cc1. The van der Waals surface area contributed by atoms with Gasteiger partial charge in [-0.2, -0.15) is 0 Å². The molecular weight excluding hydrogens is 186 g/mol. The lowest BCUT2D eigenvalue weighted by Crippen LogP contribution is -2.21. The highest BCUT2D eigenvalue weighted by Crippen LogP contribution is 2.13. The highest BCUT2D eigenvalue weighted by Gasteiger charge is 2.00. The minimum atomic E-state index is 0.732. The van der Waals surface area contributed by atoms with Crippen molar-refractivity contribution in [2.24, 2.45) is 0 Å². The second kappa shape index (κ2) is 6.46. The number of hydrogen-bond acceptors (Lipinski definition) is 2. The topological polar surface area (TPSA) is 12.5 Å². The molecule has 1 aromatic carbocycles. The average molecular weight is 207 g/mol. The lowest BCUT2D eigenvalue weighted by atomic mass is 10.2. The lowest BCUT2D eigenvalue weighted by Gasteiger charge is -2.18. The third kappa shape index (κ3) is 3.92. The van der Waals surface area contributed by atoms with Gasteiger partial charge in [0.2, 0.25) is 0 Å². The molecular formula is C13H21NO. The Morgan fingerprint density at radius 2 is 1.60 bits per heavy atom. The first-order chi connectivity index (χ1) is 7.30. The van der Waals surface area contributed by atoms with E-state index in [9.17, 15) is 0 Å². The number of hydrogen-bond donors (Lipinski definition) is 0. The molecule has 2 nitrogen and oxygen atoms in total. The molecule has 0 aliphatic carbocycles. The van der Waals surface area contributed by atoms with Crippen molar-refractivity contribution in [2.45, 2.75) is 27.3 Å². The van der Waals surface area contributed by atoms with Crippen LogP contribution in [0.1, 0.15) is 26.3 Å². The molecule has 15 heavy (non-hydrogen) atoms. The molecule has 0 heterocycles. The van der Waals surface area contributed by atoms with E-state index in [1.807, 2.05) is 19.1 Å². The first-order valence-electron chi connectivity index (χ1n) is 5.74. The monoisotopic (exact) mass is 207 g/mol. The molecule has 0 spiro atoms. The molecule has 0 atom stereocenters. The van der Waals surface area contributed by atoms with Crippen LogP contribution in [-0.4, -0.2) is 24.6 Å². The van der Waals surface area contributed by atoms with Gasteiger partial charge in [-0.1, -0.05) is 26.0 Å². The lowest BCUT2D eigenvalue weighted by molar-refractivity contribution is 0.295. The van der Waals surface area contributed by atoms with Crippen LogP contribution in [-0.2, 0) is 6.54 Å². The predicted molar refractivity (Wildman–Crippen MR) is 64.2 cm³/mol. The highest BCUT2D eigenvalue weighted by atomic mass is 16.5. The third-order valence-corrected chi connectivity index (χ3v) is 2.53. The van der Waals surface area contributed by atoms with Crippen molar-refractivity contribution < 1.29 is 4.74 Å². The molecule has 0 saturated heterocycles. The van der Waals surface area contributed by atoms with E-state index < -0.39 is 0 Å². The second-order valence-electron chi connectivity index (χ2n) is 3.54. The molecule has 84 valence electrons. The van der Waals surface area contributed by atoms with Crippen molar-refractivity contribution in [3.8, 4) is 5.75 Å². The Kier molecular flexibility index (Phi) is 5.19. The Hall–Kier alpha value is -1.02. The van der Waals surface area contributed by atoms with Crippen molar-refractivity contribution in [1.82, 2.24) is 4.90 Å². The van der Waals surface area contributed by atoms with Gasteiger partial charge in [-0.25, -0.2) is 0 Å². The first-order valence-corrected chi connectivity index (χ1v) is 5.74. The molecule has 1 rings (SSSR count). The zero-order valence-corrected chi connectivity index (χ0v) is 9.99. The zero-order valence-electron chi connectivity index (χ0n) is 9.99. The van der Waals surface area contributed by atoms with Crippen molar-refractivity contribution in [3.63, 3.8) is 0 Å². The van der Waals surface area contributed by atoms with Crippen molar-refractivity contribution in [2.75, 3.05) is 19.7 Å². The van der Waals surface area contributed by atoms with Crippen LogP contribution in [0.5, 0.6) is 5.75 Å². The summed E-state index contributed by atoms with van der Waals surface area (Å²) < 4.78 is 5.40. The van der Waals surface area contributed by atoms with Gasteiger partial charge < -0.3 is 4.74 Å². The minimum absolute atomic E-state index is 0.732. The van der Waals surface area contributed by atoms with E-state index in [4.69, 9.17) is 4.74 Å². The maximum Gasteiger partial charge on any atom is 0.119 e. The van der Waals surface area contributed by atoms with Crippen LogP contribution < -0.4 is 4.74 Å². The van der Waals surface area contributed by atoms with Gasteiger partial charge in [0.15, 0.2) is 0 Å². The standard InChI is InChI=1S/C13H21NO/c1-4-14(5-2)11-12-7-9-13(10-8-12)15-6-3/h7-10H,4-6,11H2,1-3H3. The average Bonchev–Trinajstić information content (AvgIpc) is 2.28. The van der Waals surface area contributed by atoms with E-state index >= 15 is 0 Å². The molecule has 0 saturated carbocycles. The van der Waals surface area contributed by atoms with E-state index in [0.717, 1.165) is 32.0 Å². The summed E-state index contributed by atoms with van der Waals surface area (Å²) >= 11 is 0. The van der Waals surface area contributed by atoms with Gasteiger partial charge in [0.1, 0.15) is 5.75 Å². The fourth-order valence-corrected chi connectivity index (χ4v) is 1.56. The highest BCUT2D eigenvalue weighted by molar-refractivity contribution is 5.27. The summed E-state index contributed by atoms with van der Waals surface area (Å²) in [6, 6.07) is 8.37. The van der Waals surface area contributed by atoms with Gasteiger partial charge in [0.25, 0.3) is 0 Å². The van der Waals surface area contributed by atoms with Crippen molar-refractivity contribution in [3.05, 3.63) is 29.8 Å². The van der Waals surface area contributed by atoms with Gasteiger partial charge in [0.05, 0.1) is 6.61 Å². The molecule has 0 radical (unpaired) electrons. The predicted octanol–water partition coefficient (Wildman–Crippen LogP) is 2.93. The molecule has 2 heteroatoms. The normalized spacial score (nSPS) is 10.7. The maximum atomic E-state index is 5.40. The molecule has 0 aliphatic heterocycles. The van der Waals surface area contributed by atoms with Gasteiger partial charge in [-0.05, 0) is 37.7 Å². The fourth-order valence-electron chi connectivity index (χ4n) is 1.56. The second-order valence-corrected chi connectivity index (χ2v) is 3.54. The molecule has 0 bridgehead atoms. The summed E-state index contributed by atoms with van der Waals surface area (Å²) in [5.74, 6) is 0.959. The van der Waals surface area contributed by atoms with Gasteiger partial charge >= 0.3 is 0 Å².